The zero-order valence-corrected chi connectivity index (χ0v) is 9.71. The number of alkyl halides is 2. The zero-order valence-electron chi connectivity index (χ0n) is 9.71. The van der Waals surface area contributed by atoms with E-state index in [9.17, 15) is 18.4 Å². The minimum Gasteiger partial charge on any atom is -0.358 e. The fourth-order valence-corrected chi connectivity index (χ4v) is 1.78. The summed E-state index contributed by atoms with van der Waals surface area (Å²) in [7, 11) is 1.57. The van der Waals surface area contributed by atoms with Crippen LogP contribution in [0.2, 0.25) is 0 Å². The largest absolute Gasteiger partial charge is 0.358 e. The molecule has 1 saturated heterocycles. The molecule has 0 aliphatic carbocycles. The normalized spacial score (nSPS) is 18.1. The van der Waals surface area contributed by atoms with Crippen molar-refractivity contribution in [2.45, 2.75) is 25.3 Å². The summed E-state index contributed by atoms with van der Waals surface area (Å²) in [5, 5.41) is 4.81. The van der Waals surface area contributed by atoms with Crippen molar-refractivity contribution < 1.29 is 18.4 Å². The third-order valence-corrected chi connectivity index (χ3v) is 2.78. The number of halogens is 2. The predicted molar refractivity (Wildman–Crippen MR) is 57.7 cm³/mol. The fourth-order valence-electron chi connectivity index (χ4n) is 1.78. The molecule has 0 unspecified atom stereocenters. The van der Waals surface area contributed by atoms with Gasteiger partial charge in [-0.3, -0.25) is 14.5 Å². The number of amides is 2. The van der Waals surface area contributed by atoms with Gasteiger partial charge in [-0.15, -0.1) is 0 Å². The summed E-state index contributed by atoms with van der Waals surface area (Å²) in [6, 6.07) is -0.211. The highest BCUT2D eigenvalue weighted by Gasteiger charge is 2.24. The molecule has 0 aromatic rings. The molecule has 1 aliphatic rings. The quantitative estimate of drug-likeness (QED) is 0.711. The summed E-state index contributed by atoms with van der Waals surface area (Å²) >= 11 is 0. The molecule has 2 amide bonds. The standard InChI is InChI=1S/C10H17F2N3O2/c1-13-8(16)6-15-4-2-7(3-5-15)14-10(17)9(11)12/h7,9H,2-6H2,1H3,(H,13,16)(H,14,17). The molecule has 2 N–H and O–H groups in total. The van der Waals surface area contributed by atoms with Crippen molar-refractivity contribution in [3.63, 3.8) is 0 Å². The summed E-state index contributed by atoms with van der Waals surface area (Å²) in [6.07, 6.45) is -1.77. The van der Waals surface area contributed by atoms with Gasteiger partial charge in [0, 0.05) is 26.2 Å². The number of hydrogen-bond acceptors (Lipinski definition) is 3. The van der Waals surface area contributed by atoms with Crippen molar-refractivity contribution in [3.05, 3.63) is 0 Å². The first kappa shape index (κ1) is 13.8. The molecule has 0 atom stereocenters. The Kier molecular flexibility index (Phi) is 5.27. The van der Waals surface area contributed by atoms with Gasteiger partial charge < -0.3 is 10.6 Å². The van der Waals surface area contributed by atoms with Crippen molar-refractivity contribution >= 4 is 11.8 Å². The molecule has 0 aromatic carbocycles. The van der Waals surface area contributed by atoms with Gasteiger partial charge in [0.15, 0.2) is 0 Å². The average Bonchev–Trinajstić information content (AvgIpc) is 2.31. The van der Waals surface area contributed by atoms with E-state index in [0.717, 1.165) is 0 Å². The molecule has 5 nitrogen and oxygen atoms in total. The van der Waals surface area contributed by atoms with Crippen LogP contribution >= 0.6 is 0 Å². The molecule has 0 saturated carbocycles. The second-order valence-electron chi connectivity index (χ2n) is 4.03. The van der Waals surface area contributed by atoms with Gasteiger partial charge in [-0.2, -0.15) is 8.78 Å². The number of rotatable bonds is 4. The average molecular weight is 249 g/mol. The van der Waals surface area contributed by atoms with Gasteiger partial charge in [0.25, 0.3) is 5.91 Å². The topological polar surface area (TPSA) is 61.4 Å². The number of likely N-dealkylation sites (tertiary alicyclic amines) is 1. The van der Waals surface area contributed by atoms with E-state index < -0.39 is 12.3 Å². The molecular weight excluding hydrogens is 232 g/mol. The molecule has 98 valence electrons. The van der Waals surface area contributed by atoms with Gasteiger partial charge in [0.05, 0.1) is 6.54 Å². The highest BCUT2D eigenvalue weighted by molar-refractivity contribution is 5.79. The van der Waals surface area contributed by atoms with Gasteiger partial charge >= 0.3 is 6.43 Å². The summed E-state index contributed by atoms with van der Waals surface area (Å²) in [5.41, 5.74) is 0. The molecule has 1 aliphatic heterocycles. The lowest BCUT2D eigenvalue weighted by Gasteiger charge is -2.31. The Morgan fingerprint density at radius 3 is 2.41 bits per heavy atom. The number of likely N-dealkylation sites (N-methyl/N-ethyl adjacent to an activating group) is 1. The Balaban J connectivity index is 2.26. The molecule has 0 spiro atoms. The Morgan fingerprint density at radius 1 is 1.35 bits per heavy atom. The maximum atomic E-state index is 12.0. The predicted octanol–water partition coefficient (Wildman–Crippen LogP) is -0.422. The van der Waals surface area contributed by atoms with Crippen molar-refractivity contribution in [3.8, 4) is 0 Å². The van der Waals surface area contributed by atoms with E-state index in [0.29, 0.717) is 32.5 Å². The van der Waals surface area contributed by atoms with Crippen LogP contribution in [-0.2, 0) is 9.59 Å². The Morgan fingerprint density at radius 2 is 1.94 bits per heavy atom. The van der Waals surface area contributed by atoms with Crippen LogP contribution in [0.1, 0.15) is 12.8 Å². The first-order valence-electron chi connectivity index (χ1n) is 5.54. The van der Waals surface area contributed by atoms with E-state index in [-0.39, 0.29) is 11.9 Å². The van der Waals surface area contributed by atoms with Gasteiger partial charge in [0.1, 0.15) is 0 Å². The van der Waals surface area contributed by atoms with Crippen molar-refractivity contribution in [1.82, 2.24) is 15.5 Å². The highest BCUT2D eigenvalue weighted by Crippen LogP contribution is 2.10. The minimum absolute atomic E-state index is 0.0694. The molecule has 17 heavy (non-hydrogen) atoms. The SMILES string of the molecule is CNC(=O)CN1CCC(NC(=O)C(F)F)CC1. The Labute approximate surface area is 98.5 Å². The first-order chi connectivity index (χ1) is 8.02. The maximum Gasteiger partial charge on any atom is 0.315 e. The lowest BCUT2D eigenvalue weighted by Crippen LogP contribution is -2.48. The number of nitrogens with zero attached hydrogens (tertiary/aromatic N) is 1. The van der Waals surface area contributed by atoms with Crippen molar-refractivity contribution in [2.75, 3.05) is 26.7 Å². The Hall–Kier alpha value is -1.24. The molecule has 1 fully saturated rings. The second-order valence-corrected chi connectivity index (χ2v) is 4.03. The van der Waals surface area contributed by atoms with Crippen molar-refractivity contribution in [2.24, 2.45) is 0 Å². The monoisotopic (exact) mass is 249 g/mol. The molecule has 0 aromatic heterocycles. The number of piperidine rings is 1. The summed E-state index contributed by atoms with van der Waals surface area (Å²) in [4.78, 5) is 23.8. The molecule has 0 radical (unpaired) electrons. The van der Waals surface area contributed by atoms with E-state index >= 15 is 0 Å². The maximum absolute atomic E-state index is 12.0. The fraction of sp³-hybridized carbons (Fsp3) is 0.800. The number of carbonyl (C=O) groups is 2. The van der Waals surface area contributed by atoms with Crippen LogP contribution in [0.25, 0.3) is 0 Å². The molecular formula is C10H17F2N3O2. The molecule has 1 heterocycles. The van der Waals surface area contributed by atoms with Crippen LogP contribution in [0.3, 0.4) is 0 Å². The Bertz CT molecular complexity index is 279. The van der Waals surface area contributed by atoms with Crippen LogP contribution in [0.5, 0.6) is 0 Å². The van der Waals surface area contributed by atoms with Crippen LogP contribution in [0.15, 0.2) is 0 Å². The van der Waals surface area contributed by atoms with Crippen LogP contribution in [0, 0.1) is 0 Å². The van der Waals surface area contributed by atoms with E-state index in [1.54, 1.807) is 7.05 Å². The lowest BCUT2D eigenvalue weighted by molar-refractivity contribution is -0.133. The molecule has 7 heteroatoms. The zero-order chi connectivity index (χ0) is 12.8. The van der Waals surface area contributed by atoms with Crippen LogP contribution in [0.4, 0.5) is 8.78 Å². The molecule has 0 bridgehead atoms. The van der Waals surface area contributed by atoms with Gasteiger partial charge in [-0.25, -0.2) is 0 Å². The van der Waals surface area contributed by atoms with E-state index in [4.69, 9.17) is 0 Å². The van der Waals surface area contributed by atoms with Gasteiger partial charge in [0.2, 0.25) is 5.91 Å². The third-order valence-electron chi connectivity index (χ3n) is 2.78. The van der Waals surface area contributed by atoms with Gasteiger partial charge in [-0.05, 0) is 12.8 Å². The van der Waals surface area contributed by atoms with Crippen molar-refractivity contribution in [1.29, 1.82) is 0 Å². The van der Waals surface area contributed by atoms with E-state index in [1.165, 1.54) is 0 Å². The second kappa shape index (κ2) is 6.48. The number of carbonyl (C=O) groups excluding carboxylic acids is 2. The highest BCUT2D eigenvalue weighted by atomic mass is 19.3. The smallest absolute Gasteiger partial charge is 0.315 e. The van der Waals surface area contributed by atoms with Crippen LogP contribution < -0.4 is 10.6 Å². The third kappa shape index (κ3) is 4.64. The van der Waals surface area contributed by atoms with E-state index in [1.807, 2.05) is 4.90 Å². The summed E-state index contributed by atoms with van der Waals surface area (Å²) in [5.74, 6) is -1.28. The van der Waals surface area contributed by atoms with E-state index in [2.05, 4.69) is 10.6 Å². The minimum atomic E-state index is -2.96. The van der Waals surface area contributed by atoms with Crippen LogP contribution in [-0.4, -0.2) is 55.9 Å². The van der Waals surface area contributed by atoms with Gasteiger partial charge in [-0.1, -0.05) is 0 Å². The first-order valence-corrected chi connectivity index (χ1v) is 5.54. The lowest BCUT2D eigenvalue weighted by atomic mass is 10.1. The number of nitrogens with one attached hydrogen (secondary N) is 2. The molecule has 1 rings (SSSR count). The summed E-state index contributed by atoms with van der Waals surface area (Å²) < 4.78 is 24.0. The summed E-state index contributed by atoms with van der Waals surface area (Å²) in [6.45, 7) is 1.56. The number of hydrogen-bond donors (Lipinski definition) is 2.